The van der Waals surface area contributed by atoms with Gasteiger partial charge in [0, 0.05) is 0 Å². The van der Waals surface area contributed by atoms with E-state index in [0.717, 1.165) is 10.8 Å². The SMILES string of the molecule is O=P1(O)Oc2cccc3cccc(c23)O1. The highest BCUT2D eigenvalue weighted by atomic mass is 31.2. The Morgan fingerprint density at radius 1 is 1.00 bits per heavy atom. The van der Waals surface area contributed by atoms with Crippen molar-refractivity contribution in [2.24, 2.45) is 0 Å². The molecule has 1 aliphatic heterocycles. The predicted octanol–water partition coefficient (Wildman–Crippen LogP) is 2.71. The molecule has 0 aliphatic carbocycles. The maximum Gasteiger partial charge on any atom is 0.584 e. The number of hydrogen-bond donors (Lipinski definition) is 1. The molecule has 0 atom stereocenters. The maximum atomic E-state index is 11.3. The molecule has 0 saturated heterocycles. The van der Waals surface area contributed by atoms with Crippen molar-refractivity contribution >= 4 is 18.6 Å². The minimum Gasteiger partial charge on any atom is -0.394 e. The largest absolute Gasteiger partial charge is 0.584 e. The Bertz CT molecular complexity index is 548. The van der Waals surface area contributed by atoms with Crippen LogP contribution in [0, 0.1) is 0 Å². The van der Waals surface area contributed by atoms with Crippen LogP contribution in [-0.2, 0) is 4.57 Å². The summed E-state index contributed by atoms with van der Waals surface area (Å²) in [4.78, 5) is 9.28. The van der Waals surface area contributed by atoms with Crippen LogP contribution in [0.3, 0.4) is 0 Å². The molecule has 0 fully saturated rings. The normalized spacial score (nSPS) is 16.9. The van der Waals surface area contributed by atoms with Gasteiger partial charge in [0.2, 0.25) is 0 Å². The van der Waals surface area contributed by atoms with Crippen molar-refractivity contribution in [2.45, 2.75) is 0 Å². The Hall–Kier alpha value is -1.51. The van der Waals surface area contributed by atoms with Crippen LogP contribution in [0.15, 0.2) is 36.4 Å². The maximum absolute atomic E-state index is 11.3. The van der Waals surface area contributed by atoms with E-state index in [-0.39, 0.29) is 0 Å². The monoisotopic (exact) mass is 222 g/mol. The lowest BCUT2D eigenvalue weighted by Crippen LogP contribution is -2.05. The summed E-state index contributed by atoms with van der Waals surface area (Å²) in [6.45, 7) is 0. The Labute approximate surface area is 85.7 Å². The van der Waals surface area contributed by atoms with Crippen LogP contribution in [0.1, 0.15) is 0 Å². The lowest BCUT2D eigenvalue weighted by atomic mass is 10.1. The van der Waals surface area contributed by atoms with Gasteiger partial charge >= 0.3 is 7.82 Å². The number of hydrogen-bond acceptors (Lipinski definition) is 3. The van der Waals surface area contributed by atoms with Crippen LogP contribution < -0.4 is 9.05 Å². The smallest absolute Gasteiger partial charge is 0.394 e. The van der Waals surface area contributed by atoms with E-state index in [0.29, 0.717) is 11.5 Å². The van der Waals surface area contributed by atoms with Gasteiger partial charge in [-0.2, -0.15) is 0 Å². The molecule has 0 unspecified atom stereocenters. The van der Waals surface area contributed by atoms with Crippen LogP contribution in [0.2, 0.25) is 0 Å². The predicted molar refractivity (Wildman–Crippen MR) is 55.0 cm³/mol. The van der Waals surface area contributed by atoms with Gasteiger partial charge in [-0.3, -0.25) is 4.89 Å². The van der Waals surface area contributed by atoms with Crippen LogP contribution >= 0.6 is 7.82 Å². The van der Waals surface area contributed by atoms with Crippen LogP contribution in [0.4, 0.5) is 0 Å². The van der Waals surface area contributed by atoms with Crippen molar-refractivity contribution in [3.8, 4) is 11.5 Å². The summed E-state index contributed by atoms with van der Waals surface area (Å²) in [5.41, 5.74) is 0. The number of phosphoric ester groups is 1. The van der Waals surface area contributed by atoms with E-state index < -0.39 is 7.82 Å². The molecule has 0 radical (unpaired) electrons. The summed E-state index contributed by atoms with van der Waals surface area (Å²) in [5, 5.41) is 1.66. The third kappa shape index (κ3) is 1.30. The van der Waals surface area contributed by atoms with Gasteiger partial charge in [0.25, 0.3) is 0 Å². The minimum absolute atomic E-state index is 0.389. The number of rotatable bonds is 0. The van der Waals surface area contributed by atoms with E-state index in [2.05, 4.69) is 0 Å². The second-order valence-corrected chi connectivity index (χ2v) is 4.56. The average molecular weight is 222 g/mol. The molecule has 4 nitrogen and oxygen atoms in total. The molecule has 1 heterocycles. The molecule has 0 spiro atoms. The Morgan fingerprint density at radius 3 is 2.07 bits per heavy atom. The molecule has 2 aromatic carbocycles. The highest BCUT2D eigenvalue weighted by Gasteiger charge is 2.31. The van der Waals surface area contributed by atoms with Crippen molar-refractivity contribution in [1.82, 2.24) is 0 Å². The van der Waals surface area contributed by atoms with Gasteiger partial charge in [0.05, 0.1) is 5.39 Å². The highest BCUT2D eigenvalue weighted by Crippen LogP contribution is 2.53. The third-order valence-electron chi connectivity index (χ3n) is 2.26. The van der Waals surface area contributed by atoms with E-state index in [1.165, 1.54) is 0 Å². The van der Waals surface area contributed by atoms with E-state index in [1.54, 1.807) is 24.3 Å². The molecule has 0 amide bonds. The molecule has 76 valence electrons. The van der Waals surface area contributed by atoms with Crippen LogP contribution in [0.5, 0.6) is 11.5 Å². The van der Waals surface area contributed by atoms with Gasteiger partial charge in [0.1, 0.15) is 11.5 Å². The fourth-order valence-electron chi connectivity index (χ4n) is 1.69. The molecule has 1 aliphatic rings. The first-order valence-electron chi connectivity index (χ1n) is 4.39. The minimum atomic E-state index is -3.98. The quantitative estimate of drug-likeness (QED) is 0.696. The Kier molecular flexibility index (Phi) is 1.61. The third-order valence-corrected chi connectivity index (χ3v) is 3.11. The van der Waals surface area contributed by atoms with Gasteiger partial charge in [0.15, 0.2) is 0 Å². The molecule has 15 heavy (non-hydrogen) atoms. The van der Waals surface area contributed by atoms with Crippen molar-refractivity contribution in [3.63, 3.8) is 0 Å². The lowest BCUT2D eigenvalue weighted by Gasteiger charge is -2.21. The highest BCUT2D eigenvalue weighted by molar-refractivity contribution is 7.48. The summed E-state index contributed by atoms with van der Waals surface area (Å²) >= 11 is 0. The Balaban J connectivity index is 2.41. The molecule has 0 saturated carbocycles. The first kappa shape index (κ1) is 8.77. The molecule has 2 aromatic rings. The molecular formula is C10H7O4P. The molecule has 5 heteroatoms. The fourth-order valence-corrected chi connectivity index (χ4v) is 2.53. The topological polar surface area (TPSA) is 55.8 Å². The molecule has 0 aromatic heterocycles. The van der Waals surface area contributed by atoms with Gasteiger partial charge < -0.3 is 9.05 Å². The molecule has 0 bridgehead atoms. The van der Waals surface area contributed by atoms with Gasteiger partial charge in [-0.1, -0.05) is 24.3 Å². The summed E-state index contributed by atoms with van der Waals surface area (Å²) in [6, 6.07) is 10.6. The zero-order valence-corrected chi connectivity index (χ0v) is 8.48. The van der Waals surface area contributed by atoms with Gasteiger partial charge in [-0.05, 0) is 17.5 Å². The standard InChI is InChI=1S/C10H7O4P/c11-15(12)13-8-5-1-3-7-4-2-6-9(14-15)10(7)8/h1-6H,(H,11,12). The van der Waals surface area contributed by atoms with Crippen molar-refractivity contribution < 1.29 is 18.5 Å². The van der Waals surface area contributed by atoms with Crippen LogP contribution in [0.25, 0.3) is 10.8 Å². The van der Waals surface area contributed by atoms with E-state index in [9.17, 15) is 9.46 Å². The van der Waals surface area contributed by atoms with Crippen molar-refractivity contribution in [1.29, 1.82) is 0 Å². The summed E-state index contributed by atoms with van der Waals surface area (Å²) in [5.74, 6) is 0.778. The number of phosphoric acid groups is 1. The summed E-state index contributed by atoms with van der Waals surface area (Å²) < 4.78 is 21.1. The van der Waals surface area contributed by atoms with Gasteiger partial charge in [-0.25, -0.2) is 4.57 Å². The summed E-state index contributed by atoms with van der Waals surface area (Å²) in [7, 11) is -3.98. The average Bonchev–Trinajstić information content (AvgIpc) is 2.16. The first-order chi connectivity index (χ1) is 7.16. The second kappa shape index (κ2) is 2.75. The molecule has 1 N–H and O–H groups in total. The number of benzene rings is 2. The lowest BCUT2D eigenvalue weighted by molar-refractivity contribution is 0.286. The van der Waals surface area contributed by atoms with Gasteiger partial charge in [-0.15, -0.1) is 0 Å². The van der Waals surface area contributed by atoms with Crippen molar-refractivity contribution in [3.05, 3.63) is 36.4 Å². The van der Waals surface area contributed by atoms with Crippen molar-refractivity contribution in [2.75, 3.05) is 0 Å². The van der Waals surface area contributed by atoms with E-state index in [1.807, 2.05) is 12.1 Å². The van der Waals surface area contributed by atoms with E-state index in [4.69, 9.17) is 9.05 Å². The first-order valence-corrected chi connectivity index (χ1v) is 5.89. The molecule has 3 rings (SSSR count). The molecular weight excluding hydrogens is 215 g/mol. The Morgan fingerprint density at radius 2 is 1.53 bits per heavy atom. The second-order valence-electron chi connectivity index (χ2n) is 3.26. The zero-order valence-electron chi connectivity index (χ0n) is 7.58. The zero-order chi connectivity index (χ0) is 10.5. The van der Waals surface area contributed by atoms with Crippen LogP contribution in [-0.4, -0.2) is 4.89 Å². The van der Waals surface area contributed by atoms with E-state index >= 15 is 0 Å². The summed E-state index contributed by atoms with van der Waals surface area (Å²) in [6.07, 6.45) is 0. The fraction of sp³-hybridized carbons (Fsp3) is 0.